The van der Waals surface area contributed by atoms with E-state index in [1.54, 1.807) is 11.9 Å². The van der Waals surface area contributed by atoms with Crippen LogP contribution >= 0.6 is 0 Å². The molecule has 1 heterocycles. The van der Waals surface area contributed by atoms with Crippen LogP contribution in [0, 0.1) is 5.92 Å². The van der Waals surface area contributed by atoms with Crippen LogP contribution in [-0.4, -0.2) is 29.5 Å². The van der Waals surface area contributed by atoms with E-state index in [9.17, 15) is 9.90 Å². The summed E-state index contributed by atoms with van der Waals surface area (Å²) in [4.78, 5) is 13.0. The van der Waals surface area contributed by atoms with Gasteiger partial charge in [-0.05, 0) is 5.56 Å². The molecular formula is C12H15NO2. The number of aliphatic hydroxyl groups is 1. The number of benzene rings is 1. The summed E-state index contributed by atoms with van der Waals surface area (Å²) >= 11 is 0. The molecule has 1 N–H and O–H groups in total. The first kappa shape index (κ1) is 10.2. The highest BCUT2D eigenvalue weighted by Gasteiger charge is 2.32. The Labute approximate surface area is 89.3 Å². The van der Waals surface area contributed by atoms with Crippen molar-refractivity contribution in [1.82, 2.24) is 4.90 Å². The summed E-state index contributed by atoms with van der Waals surface area (Å²) in [6.07, 6.45) is -0.0767. The van der Waals surface area contributed by atoms with Gasteiger partial charge in [-0.1, -0.05) is 30.3 Å². The highest BCUT2D eigenvalue weighted by molar-refractivity contribution is 5.78. The SMILES string of the molecule is CN1CC(C(O)c2ccccc2)CC1=O. The van der Waals surface area contributed by atoms with Crippen molar-refractivity contribution in [1.29, 1.82) is 0 Å². The number of aliphatic hydroxyl groups excluding tert-OH is 1. The summed E-state index contributed by atoms with van der Waals surface area (Å²) in [6, 6.07) is 9.52. The number of nitrogens with zero attached hydrogens (tertiary/aromatic N) is 1. The van der Waals surface area contributed by atoms with Crippen LogP contribution < -0.4 is 0 Å². The molecule has 3 heteroatoms. The number of carbonyl (C=O) groups excluding carboxylic acids is 1. The van der Waals surface area contributed by atoms with Crippen LogP contribution in [-0.2, 0) is 4.79 Å². The standard InChI is InChI=1S/C12H15NO2/c1-13-8-10(7-11(13)14)12(15)9-5-3-2-4-6-9/h2-6,10,12,15H,7-8H2,1H3. The smallest absolute Gasteiger partial charge is 0.222 e. The van der Waals surface area contributed by atoms with Gasteiger partial charge in [-0.15, -0.1) is 0 Å². The van der Waals surface area contributed by atoms with E-state index in [0.29, 0.717) is 13.0 Å². The maximum absolute atomic E-state index is 11.3. The third kappa shape index (κ3) is 2.02. The summed E-state index contributed by atoms with van der Waals surface area (Å²) in [5.41, 5.74) is 0.894. The average molecular weight is 205 g/mol. The molecule has 1 aromatic rings. The van der Waals surface area contributed by atoms with Gasteiger partial charge >= 0.3 is 0 Å². The Morgan fingerprint density at radius 1 is 1.40 bits per heavy atom. The highest BCUT2D eigenvalue weighted by Crippen LogP contribution is 2.29. The van der Waals surface area contributed by atoms with E-state index in [-0.39, 0.29) is 11.8 Å². The van der Waals surface area contributed by atoms with Gasteiger partial charge in [-0.2, -0.15) is 0 Å². The normalized spacial score (nSPS) is 23.2. The first-order valence-corrected chi connectivity index (χ1v) is 5.15. The number of hydrogen-bond donors (Lipinski definition) is 1. The fraction of sp³-hybridized carbons (Fsp3) is 0.417. The molecule has 1 saturated heterocycles. The Bertz CT molecular complexity index is 350. The van der Waals surface area contributed by atoms with Gasteiger partial charge < -0.3 is 10.0 Å². The van der Waals surface area contributed by atoms with Crippen LogP contribution in [0.3, 0.4) is 0 Å². The van der Waals surface area contributed by atoms with E-state index >= 15 is 0 Å². The quantitative estimate of drug-likeness (QED) is 0.788. The first-order valence-electron chi connectivity index (χ1n) is 5.15. The Morgan fingerprint density at radius 3 is 2.60 bits per heavy atom. The van der Waals surface area contributed by atoms with Crippen molar-refractivity contribution in [3.8, 4) is 0 Å². The first-order chi connectivity index (χ1) is 7.18. The molecule has 80 valence electrons. The Balaban J connectivity index is 2.10. The molecule has 3 nitrogen and oxygen atoms in total. The molecule has 0 bridgehead atoms. The highest BCUT2D eigenvalue weighted by atomic mass is 16.3. The molecule has 0 aliphatic carbocycles. The number of rotatable bonds is 2. The van der Waals surface area contributed by atoms with Gasteiger partial charge in [0.1, 0.15) is 0 Å². The monoisotopic (exact) mass is 205 g/mol. The Morgan fingerprint density at radius 2 is 2.07 bits per heavy atom. The van der Waals surface area contributed by atoms with Gasteiger partial charge in [0, 0.05) is 25.9 Å². The molecule has 0 radical (unpaired) electrons. The van der Waals surface area contributed by atoms with Gasteiger partial charge in [-0.25, -0.2) is 0 Å². The van der Waals surface area contributed by atoms with E-state index in [1.165, 1.54) is 0 Å². The van der Waals surface area contributed by atoms with Crippen LogP contribution in [0.25, 0.3) is 0 Å². The predicted octanol–water partition coefficient (Wildman–Crippen LogP) is 1.20. The number of hydrogen-bond acceptors (Lipinski definition) is 2. The maximum atomic E-state index is 11.3. The lowest BCUT2D eigenvalue weighted by Crippen LogP contribution is -2.20. The zero-order valence-corrected chi connectivity index (χ0v) is 8.76. The lowest BCUT2D eigenvalue weighted by molar-refractivity contribution is -0.126. The Hall–Kier alpha value is -1.35. The number of carbonyl (C=O) groups is 1. The van der Waals surface area contributed by atoms with E-state index in [2.05, 4.69) is 0 Å². The van der Waals surface area contributed by atoms with E-state index < -0.39 is 6.10 Å². The van der Waals surface area contributed by atoms with Crippen LogP contribution in [0.15, 0.2) is 30.3 Å². The summed E-state index contributed by atoms with van der Waals surface area (Å²) in [6.45, 7) is 0.648. The molecule has 1 aliphatic heterocycles. The second-order valence-electron chi connectivity index (χ2n) is 4.09. The van der Waals surface area contributed by atoms with Crippen molar-refractivity contribution in [2.45, 2.75) is 12.5 Å². The lowest BCUT2D eigenvalue weighted by Gasteiger charge is -2.17. The van der Waals surface area contributed by atoms with Crippen molar-refractivity contribution in [2.75, 3.05) is 13.6 Å². The number of amides is 1. The van der Waals surface area contributed by atoms with E-state index in [4.69, 9.17) is 0 Å². The molecular weight excluding hydrogens is 190 g/mol. The molecule has 0 saturated carbocycles. The second-order valence-corrected chi connectivity index (χ2v) is 4.09. The third-order valence-corrected chi connectivity index (χ3v) is 2.96. The van der Waals surface area contributed by atoms with Crippen LogP contribution in [0.2, 0.25) is 0 Å². The van der Waals surface area contributed by atoms with Crippen LogP contribution in [0.1, 0.15) is 18.1 Å². The Kier molecular flexibility index (Phi) is 2.73. The molecule has 2 rings (SSSR count). The minimum atomic E-state index is -0.528. The molecule has 2 atom stereocenters. The van der Waals surface area contributed by atoms with Gasteiger partial charge in [0.15, 0.2) is 0 Å². The third-order valence-electron chi connectivity index (χ3n) is 2.96. The molecule has 1 aromatic carbocycles. The molecule has 1 amide bonds. The maximum Gasteiger partial charge on any atom is 0.222 e. The lowest BCUT2D eigenvalue weighted by atomic mass is 9.95. The molecule has 1 aliphatic rings. The molecule has 0 aromatic heterocycles. The molecule has 2 unspecified atom stereocenters. The van der Waals surface area contributed by atoms with Gasteiger partial charge in [0.25, 0.3) is 0 Å². The van der Waals surface area contributed by atoms with Crippen LogP contribution in [0.4, 0.5) is 0 Å². The van der Waals surface area contributed by atoms with Crippen molar-refractivity contribution >= 4 is 5.91 Å². The summed E-state index contributed by atoms with van der Waals surface area (Å²) in [5.74, 6) is 0.153. The largest absolute Gasteiger partial charge is 0.388 e. The molecule has 1 fully saturated rings. The summed E-state index contributed by atoms with van der Waals surface area (Å²) in [7, 11) is 1.78. The topological polar surface area (TPSA) is 40.5 Å². The number of likely N-dealkylation sites (tertiary alicyclic amines) is 1. The van der Waals surface area contributed by atoms with Crippen molar-refractivity contribution in [3.05, 3.63) is 35.9 Å². The van der Waals surface area contributed by atoms with Gasteiger partial charge in [0.2, 0.25) is 5.91 Å². The fourth-order valence-electron chi connectivity index (χ4n) is 2.03. The zero-order valence-electron chi connectivity index (χ0n) is 8.76. The minimum Gasteiger partial charge on any atom is -0.388 e. The van der Waals surface area contributed by atoms with E-state index in [1.807, 2.05) is 30.3 Å². The molecule has 15 heavy (non-hydrogen) atoms. The zero-order chi connectivity index (χ0) is 10.8. The molecule has 0 spiro atoms. The predicted molar refractivity (Wildman–Crippen MR) is 57.1 cm³/mol. The van der Waals surface area contributed by atoms with Crippen molar-refractivity contribution < 1.29 is 9.90 Å². The summed E-state index contributed by atoms with van der Waals surface area (Å²) in [5, 5.41) is 10.1. The van der Waals surface area contributed by atoms with E-state index in [0.717, 1.165) is 5.56 Å². The van der Waals surface area contributed by atoms with Crippen molar-refractivity contribution in [3.63, 3.8) is 0 Å². The second kappa shape index (κ2) is 4.03. The minimum absolute atomic E-state index is 0.0323. The van der Waals surface area contributed by atoms with Crippen LogP contribution in [0.5, 0.6) is 0 Å². The van der Waals surface area contributed by atoms with Gasteiger partial charge in [-0.3, -0.25) is 4.79 Å². The average Bonchev–Trinajstić information content (AvgIpc) is 2.59. The summed E-state index contributed by atoms with van der Waals surface area (Å²) < 4.78 is 0. The van der Waals surface area contributed by atoms with Gasteiger partial charge in [0.05, 0.1) is 6.10 Å². The fourth-order valence-corrected chi connectivity index (χ4v) is 2.03. The van der Waals surface area contributed by atoms with Crippen molar-refractivity contribution in [2.24, 2.45) is 5.92 Å².